The van der Waals surface area contributed by atoms with Gasteiger partial charge in [-0.2, -0.15) is 0 Å². The summed E-state index contributed by atoms with van der Waals surface area (Å²) in [7, 11) is 1.72. The van der Waals surface area contributed by atoms with Gasteiger partial charge in [-0.3, -0.25) is 4.79 Å². The van der Waals surface area contributed by atoms with Crippen LogP contribution in [0.5, 0.6) is 0 Å². The zero-order valence-electron chi connectivity index (χ0n) is 16.2. The van der Waals surface area contributed by atoms with Crippen LogP contribution in [0.3, 0.4) is 0 Å². The maximum atomic E-state index is 12.8. The number of carbonyl (C=O) groups is 1. The first kappa shape index (κ1) is 18.5. The fourth-order valence-electron chi connectivity index (χ4n) is 4.46. The van der Waals surface area contributed by atoms with E-state index < -0.39 is 0 Å². The summed E-state index contributed by atoms with van der Waals surface area (Å²) in [5.74, 6) is 0.167. The lowest BCUT2D eigenvalue weighted by Gasteiger charge is -2.39. The van der Waals surface area contributed by atoms with Crippen molar-refractivity contribution in [2.45, 2.75) is 44.9 Å². The molecule has 27 heavy (non-hydrogen) atoms. The predicted octanol–water partition coefficient (Wildman–Crippen LogP) is 2.69. The van der Waals surface area contributed by atoms with Crippen LogP contribution in [0.4, 0.5) is 5.69 Å². The van der Waals surface area contributed by atoms with E-state index in [2.05, 4.69) is 40.3 Å². The highest BCUT2D eigenvalue weighted by Gasteiger charge is 2.35. The summed E-state index contributed by atoms with van der Waals surface area (Å²) in [6.45, 7) is 5.28. The zero-order valence-corrected chi connectivity index (χ0v) is 16.2. The molecule has 0 bridgehead atoms. The van der Waals surface area contributed by atoms with Gasteiger partial charge in [0, 0.05) is 54.4 Å². The Kier molecular flexibility index (Phi) is 5.48. The van der Waals surface area contributed by atoms with Gasteiger partial charge < -0.3 is 24.7 Å². The molecule has 1 aromatic heterocycles. The highest BCUT2D eigenvalue weighted by atomic mass is 16.5. The van der Waals surface area contributed by atoms with E-state index in [9.17, 15) is 4.79 Å². The van der Waals surface area contributed by atoms with Crippen molar-refractivity contribution in [3.05, 3.63) is 30.0 Å². The Morgan fingerprint density at radius 3 is 3.11 bits per heavy atom. The molecular formula is C21H29N3O3. The summed E-state index contributed by atoms with van der Waals surface area (Å²) in [6, 6.07) is 8.62. The van der Waals surface area contributed by atoms with Gasteiger partial charge in [0.15, 0.2) is 0 Å². The van der Waals surface area contributed by atoms with Gasteiger partial charge in [-0.15, -0.1) is 0 Å². The van der Waals surface area contributed by atoms with Gasteiger partial charge in [0.1, 0.15) is 0 Å². The number of amides is 1. The molecule has 4 rings (SSSR count). The van der Waals surface area contributed by atoms with Gasteiger partial charge in [0.2, 0.25) is 5.91 Å². The topological polar surface area (TPSA) is 64.5 Å². The van der Waals surface area contributed by atoms with Crippen LogP contribution in [0, 0.1) is 12.8 Å². The van der Waals surface area contributed by atoms with Crippen LogP contribution in [-0.4, -0.2) is 49.5 Å². The average Bonchev–Trinajstić information content (AvgIpc) is 3.00. The molecule has 0 radical (unpaired) electrons. The Labute approximate surface area is 160 Å². The minimum atomic E-state index is 0.0455. The molecule has 1 saturated carbocycles. The number of carbonyl (C=O) groups excluding carboxylic acids is 1. The zero-order chi connectivity index (χ0) is 18.8. The number of aryl methyl sites for hydroxylation is 1. The lowest BCUT2D eigenvalue weighted by molar-refractivity contribution is -0.123. The first-order valence-electron chi connectivity index (χ1n) is 9.90. The van der Waals surface area contributed by atoms with E-state index in [1.54, 1.807) is 7.11 Å². The number of anilines is 1. The number of nitrogens with one attached hydrogen (secondary N) is 2. The molecule has 2 N–H and O–H groups in total. The van der Waals surface area contributed by atoms with E-state index in [-0.39, 0.29) is 17.9 Å². The first-order valence-corrected chi connectivity index (χ1v) is 9.90. The predicted molar refractivity (Wildman–Crippen MR) is 106 cm³/mol. The molecular weight excluding hydrogens is 342 g/mol. The first-order chi connectivity index (χ1) is 13.2. The van der Waals surface area contributed by atoms with Crippen molar-refractivity contribution in [2.24, 2.45) is 5.92 Å². The van der Waals surface area contributed by atoms with E-state index in [4.69, 9.17) is 9.47 Å². The van der Waals surface area contributed by atoms with E-state index in [1.807, 2.05) is 6.07 Å². The molecule has 1 saturated heterocycles. The average molecular weight is 371 g/mol. The Bertz CT molecular complexity index is 816. The molecule has 2 fully saturated rings. The number of hydrogen-bond acceptors (Lipinski definition) is 4. The van der Waals surface area contributed by atoms with Gasteiger partial charge in [-0.25, -0.2) is 0 Å². The van der Waals surface area contributed by atoms with Gasteiger partial charge in [0.05, 0.1) is 19.3 Å². The Morgan fingerprint density at radius 1 is 1.37 bits per heavy atom. The van der Waals surface area contributed by atoms with Crippen molar-refractivity contribution in [1.82, 2.24) is 9.88 Å². The molecule has 3 atom stereocenters. The van der Waals surface area contributed by atoms with Crippen LogP contribution in [0.2, 0.25) is 0 Å². The highest BCUT2D eigenvalue weighted by molar-refractivity contribution is 5.95. The van der Waals surface area contributed by atoms with Crippen molar-refractivity contribution in [3.8, 4) is 0 Å². The monoisotopic (exact) mass is 371 g/mol. The fraction of sp³-hybridized carbons (Fsp3) is 0.571. The smallest absolute Gasteiger partial charge is 0.227 e. The molecule has 2 aromatic rings. The summed E-state index contributed by atoms with van der Waals surface area (Å²) in [4.78, 5) is 12.8. The maximum Gasteiger partial charge on any atom is 0.227 e. The summed E-state index contributed by atoms with van der Waals surface area (Å²) in [6.07, 6.45) is 2.97. The third kappa shape index (κ3) is 3.88. The van der Waals surface area contributed by atoms with Gasteiger partial charge >= 0.3 is 0 Å². The molecule has 6 nitrogen and oxygen atoms in total. The molecule has 2 aliphatic rings. The molecule has 1 aromatic carbocycles. The third-order valence-electron chi connectivity index (χ3n) is 5.89. The largest absolute Gasteiger partial charge is 0.383 e. The standard InChI is InChI=1S/C21H29N3O3/c1-14-11-16-12-17(4-5-19(16)24(14)8-10-26-2)23-21(25)15-3-6-20-18(13-15)22-7-9-27-20/h4-5,11-12,15,18,20,22H,3,6-10,13H2,1-2H3,(H,23,25)/t15-,18+,20+/m0/s1. The number of methoxy groups -OCH3 is 1. The molecule has 1 amide bonds. The molecule has 0 unspecified atom stereocenters. The normalized spacial score (nSPS) is 25.3. The molecule has 1 aliphatic carbocycles. The van der Waals surface area contributed by atoms with Crippen molar-refractivity contribution in [2.75, 3.05) is 32.2 Å². The van der Waals surface area contributed by atoms with Crippen LogP contribution in [0.25, 0.3) is 10.9 Å². The summed E-state index contributed by atoms with van der Waals surface area (Å²) < 4.78 is 13.3. The van der Waals surface area contributed by atoms with Crippen molar-refractivity contribution < 1.29 is 14.3 Å². The highest BCUT2D eigenvalue weighted by Crippen LogP contribution is 2.30. The fourth-order valence-corrected chi connectivity index (χ4v) is 4.46. The minimum absolute atomic E-state index is 0.0455. The molecule has 146 valence electrons. The van der Waals surface area contributed by atoms with Gasteiger partial charge in [-0.05, 0) is 50.5 Å². The number of fused-ring (bicyclic) bond motifs is 2. The number of benzene rings is 1. The van der Waals surface area contributed by atoms with Gasteiger partial charge in [-0.1, -0.05) is 0 Å². The van der Waals surface area contributed by atoms with Crippen LogP contribution in [0.15, 0.2) is 24.3 Å². The summed E-state index contributed by atoms with van der Waals surface area (Å²) in [5.41, 5.74) is 3.24. The Morgan fingerprint density at radius 2 is 2.26 bits per heavy atom. The van der Waals surface area contributed by atoms with Crippen molar-refractivity contribution >= 4 is 22.5 Å². The molecule has 2 heterocycles. The molecule has 0 spiro atoms. The van der Waals surface area contributed by atoms with Crippen molar-refractivity contribution in [3.63, 3.8) is 0 Å². The van der Waals surface area contributed by atoms with Crippen LogP contribution < -0.4 is 10.6 Å². The second kappa shape index (κ2) is 8.00. The number of nitrogens with zero attached hydrogens (tertiary/aromatic N) is 1. The molecule has 6 heteroatoms. The summed E-state index contributed by atoms with van der Waals surface area (Å²) >= 11 is 0. The number of aromatic nitrogens is 1. The van der Waals surface area contributed by atoms with E-state index >= 15 is 0 Å². The Hall–Kier alpha value is -1.89. The van der Waals surface area contributed by atoms with Gasteiger partial charge in [0.25, 0.3) is 0 Å². The van der Waals surface area contributed by atoms with Crippen LogP contribution in [-0.2, 0) is 20.8 Å². The maximum absolute atomic E-state index is 12.8. The van der Waals surface area contributed by atoms with E-state index in [0.717, 1.165) is 50.0 Å². The third-order valence-corrected chi connectivity index (χ3v) is 5.89. The summed E-state index contributed by atoms with van der Waals surface area (Å²) in [5, 5.41) is 7.78. The number of hydrogen-bond donors (Lipinski definition) is 2. The SMILES string of the molecule is COCCn1c(C)cc2cc(NC(=O)[C@H]3CC[C@H]4OCCN[C@@H]4C3)ccc21. The van der Waals surface area contributed by atoms with Crippen LogP contribution >= 0.6 is 0 Å². The minimum Gasteiger partial charge on any atom is -0.383 e. The molecule has 1 aliphatic heterocycles. The quantitative estimate of drug-likeness (QED) is 0.848. The second-order valence-corrected chi connectivity index (χ2v) is 7.67. The second-order valence-electron chi connectivity index (χ2n) is 7.67. The van der Waals surface area contributed by atoms with E-state index in [1.165, 1.54) is 11.2 Å². The van der Waals surface area contributed by atoms with Crippen molar-refractivity contribution in [1.29, 1.82) is 0 Å². The lowest BCUT2D eigenvalue weighted by Crippen LogP contribution is -2.52. The Balaban J connectivity index is 1.44. The number of ether oxygens (including phenoxy) is 2. The number of rotatable bonds is 5. The van der Waals surface area contributed by atoms with E-state index in [0.29, 0.717) is 12.6 Å². The lowest BCUT2D eigenvalue weighted by atomic mass is 9.82. The van der Waals surface area contributed by atoms with Crippen LogP contribution in [0.1, 0.15) is 25.0 Å². The number of morpholine rings is 1.